The first kappa shape index (κ1) is 22.8. The Morgan fingerprint density at radius 1 is 0.968 bits per heavy atom. The number of halogens is 1. The van der Waals surface area contributed by atoms with Crippen molar-refractivity contribution in [3.05, 3.63) is 88.4 Å². The van der Waals surface area contributed by atoms with Crippen LogP contribution in [-0.2, 0) is 21.4 Å². The molecule has 0 spiro atoms. The van der Waals surface area contributed by atoms with Gasteiger partial charge < -0.3 is 10.1 Å². The Labute approximate surface area is 187 Å². The van der Waals surface area contributed by atoms with E-state index in [0.717, 1.165) is 16.7 Å². The topological polar surface area (TPSA) is 84.5 Å². The fraction of sp³-hybridized carbons (Fsp3) is 0.174. The summed E-state index contributed by atoms with van der Waals surface area (Å²) < 4.78 is 33.0. The largest absolute Gasteiger partial charge is 0.482 e. The first-order valence-corrected chi connectivity index (χ1v) is 11.4. The zero-order valence-electron chi connectivity index (χ0n) is 17.2. The molecule has 1 amide bonds. The molecule has 0 aliphatic rings. The molecule has 3 rings (SSSR count). The number of ether oxygens (including phenoxy) is 1. The van der Waals surface area contributed by atoms with Crippen LogP contribution in [0.2, 0.25) is 5.02 Å². The van der Waals surface area contributed by atoms with Crippen LogP contribution in [0.4, 0.5) is 5.69 Å². The van der Waals surface area contributed by atoms with Crippen LogP contribution in [-0.4, -0.2) is 20.9 Å². The Morgan fingerprint density at radius 3 is 2.29 bits per heavy atom. The molecule has 0 heterocycles. The van der Waals surface area contributed by atoms with Crippen LogP contribution < -0.4 is 14.8 Å². The van der Waals surface area contributed by atoms with E-state index in [0.29, 0.717) is 5.69 Å². The number of nitrogens with one attached hydrogen (secondary N) is 2. The number of carbonyl (C=O) groups is 1. The van der Waals surface area contributed by atoms with Crippen LogP contribution in [0.3, 0.4) is 0 Å². The van der Waals surface area contributed by atoms with Gasteiger partial charge in [-0.3, -0.25) is 4.79 Å². The maximum Gasteiger partial charge on any atom is 0.262 e. The predicted octanol–water partition coefficient (Wildman–Crippen LogP) is 4.45. The van der Waals surface area contributed by atoms with E-state index < -0.39 is 10.0 Å². The third-order valence-corrected chi connectivity index (χ3v) is 6.08. The molecule has 0 atom stereocenters. The van der Waals surface area contributed by atoms with Gasteiger partial charge in [-0.05, 0) is 60.9 Å². The van der Waals surface area contributed by atoms with E-state index in [1.165, 1.54) is 18.2 Å². The molecule has 0 saturated carbocycles. The number of hydrogen-bond donors (Lipinski definition) is 2. The Morgan fingerprint density at radius 2 is 1.65 bits per heavy atom. The summed E-state index contributed by atoms with van der Waals surface area (Å²) in [6, 6.07) is 19.0. The molecule has 0 aliphatic heterocycles. The number of amides is 1. The summed E-state index contributed by atoms with van der Waals surface area (Å²) in [5.74, 6) is -0.124. The first-order valence-electron chi connectivity index (χ1n) is 9.57. The summed E-state index contributed by atoms with van der Waals surface area (Å²) in [6.07, 6.45) is 0. The molecule has 3 aromatic rings. The van der Waals surface area contributed by atoms with Gasteiger partial charge >= 0.3 is 0 Å². The van der Waals surface area contributed by atoms with Gasteiger partial charge in [-0.1, -0.05) is 48.0 Å². The Kier molecular flexibility index (Phi) is 7.33. The van der Waals surface area contributed by atoms with Gasteiger partial charge in [-0.25, -0.2) is 13.1 Å². The Balaban J connectivity index is 1.60. The smallest absolute Gasteiger partial charge is 0.262 e. The van der Waals surface area contributed by atoms with Crippen molar-refractivity contribution < 1.29 is 17.9 Å². The lowest BCUT2D eigenvalue weighted by atomic mass is 10.1. The second kappa shape index (κ2) is 9.96. The van der Waals surface area contributed by atoms with Crippen LogP contribution in [0.5, 0.6) is 5.75 Å². The molecular weight excluding hydrogens is 436 g/mol. The minimum atomic E-state index is -3.75. The number of hydrogen-bond acceptors (Lipinski definition) is 4. The zero-order chi connectivity index (χ0) is 22.4. The number of rotatable bonds is 8. The van der Waals surface area contributed by atoms with Gasteiger partial charge in [0.15, 0.2) is 6.61 Å². The first-order chi connectivity index (χ1) is 14.7. The molecule has 0 fully saturated rings. The molecular formula is C23H23ClN2O4S. The van der Waals surface area contributed by atoms with E-state index in [1.807, 2.05) is 62.4 Å². The standard InChI is InChI=1S/C23H23ClN2O4S/c1-16-10-17(2)12-19(11-16)26-23(27)15-30-22-9-8-20(13-21(22)24)31(28,29)25-14-18-6-4-3-5-7-18/h3-13,25H,14-15H2,1-2H3,(H,26,27). The number of anilines is 1. The van der Waals surface area contributed by atoms with E-state index in [1.54, 1.807) is 0 Å². The molecule has 0 aliphatic carbocycles. The predicted molar refractivity (Wildman–Crippen MR) is 122 cm³/mol. The highest BCUT2D eigenvalue weighted by molar-refractivity contribution is 7.89. The van der Waals surface area contributed by atoms with E-state index in [4.69, 9.17) is 16.3 Å². The fourth-order valence-corrected chi connectivity index (χ4v) is 4.35. The number of sulfonamides is 1. The lowest BCUT2D eigenvalue weighted by Gasteiger charge is -2.12. The number of carbonyl (C=O) groups excluding carboxylic acids is 1. The zero-order valence-corrected chi connectivity index (χ0v) is 18.8. The molecule has 162 valence electrons. The second-order valence-electron chi connectivity index (χ2n) is 7.12. The lowest BCUT2D eigenvalue weighted by Crippen LogP contribution is -2.23. The van der Waals surface area contributed by atoms with E-state index >= 15 is 0 Å². The third-order valence-electron chi connectivity index (χ3n) is 4.39. The average Bonchev–Trinajstić information content (AvgIpc) is 2.71. The van der Waals surface area contributed by atoms with Crippen molar-refractivity contribution in [2.75, 3.05) is 11.9 Å². The van der Waals surface area contributed by atoms with Gasteiger partial charge in [0.1, 0.15) is 5.75 Å². The van der Waals surface area contributed by atoms with Crippen LogP contribution in [0.15, 0.2) is 71.6 Å². The highest BCUT2D eigenvalue weighted by Crippen LogP contribution is 2.27. The molecule has 8 heteroatoms. The number of aryl methyl sites for hydroxylation is 2. The quantitative estimate of drug-likeness (QED) is 0.522. The van der Waals surface area contributed by atoms with Crippen molar-refractivity contribution in [1.82, 2.24) is 4.72 Å². The average molecular weight is 459 g/mol. The lowest BCUT2D eigenvalue weighted by molar-refractivity contribution is -0.118. The summed E-state index contributed by atoms with van der Waals surface area (Å²) in [5, 5.41) is 2.87. The minimum Gasteiger partial charge on any atom is -0.482 e. The van der Waals surface area contributed by atoms with E-state index in [9.17, 15) is 13.2 Å². The molecule has 6 nitrogen and oxygen atoms in total. The van der Waals surface area contributed by atoms with Gasteiger partial charge in [-0.15, -0.1) is 0 Å². The van der Waals surface area contributed by atoms with Crippen molar-refractivity contribution in [3.63, 3.8) is 0 Å². The van der Waals surface area contributed by atoms with Crippen molar-refractivity contribution >= 4 is 33.2 Å². The minimum absolute atomic E-state index is 0.0143. The summed E-state index contributed by atoms with van der Waals surface area (Å²) in [4.78, 5) is 12.2. The van der Waals surface area contributed by atoms with E-state index in [2.05, 4.69) is 10.0 Å². The normalized spacial score (nSPS) is 11.2. The van der Waals surface area contributed by atoms with Gasteiger partial charge in [0.25, 0.3) is 5.91 Å². The molecule has 0 saturated heterocycles. The van der Waals surface area contributed by atoms with Crippen LogP contribution in [0.1, 0.15) is 16.7 Å². The van der Waals surface area contributed by atoms with Gasteiger partial charge in [0.2, 0.25) is 10.0 Å². The molecule has 31 heavy (non-hydrogen) atoms. The molecule has 3 aromatic carbocycles. The van der Waals surface area contributed by atoms with Gasteiger partial charge in [-0.2, -0.15) is 0 Å². The number of benzene rings is 3. The fourth-order valence-electron chi connectivity index (χ4n) is 3.01. The van der Waals surface area contributed by atoms with Gasteiger partial charge in [0.05, 0.1) is 9.92 Å². The van der Waals surface area contributed by atoms with Crippen LogP contribution >= 0.6 is 11.6 Å². The molecule has 0 bridgehead atoms. The van der Waals surface area contributed by atoms with Crippen molar-refractivity contribution in [1.29, 1.82) is 0 Å². The molecule has 0 unspecified atom stereocenters. The Hall–Kier alpha value is -2.87. The summed E-state index contributed by atoms with van der Waals surface area (Å²) in [5.41, 5.74) is 3.60. The van der Waals surface area contributed by atoms with Gasteiger partial charge in [0, 0.05) is 12.2 Å². The van der Waals surface area contributed by atoms with Crippen molar-refractivity contribution in [2.24, 2.45) is 0 Å². The monoisotopic (exact) mass is 458 g/mol. The summed E-state index contributed by atoms with van der Waals surface area (Å²) >= 11 is 6.19. The van der Waals surface area contributed by atoms with Crippen molar-refractivity contribution in [3.8, 4) is 5.75 Å². The van der Waals surface area contributed by atoms with Crippen LogP contribution in [0, 0.1) is 13.8 Å². The third kappa shape index (κ3) is 6.55. The molecule has 2 N–H and O–H groups in total. The van der Waals surface area contributed by atoms with E-state index in [-0.39, 0.29) is 34.7 Å². The second-order valence-corrected chi connectivity index (χ2v) is 9.29. The molecule has 0 radical (unpaired) electrons. The SMILES string of the molecule is Cc1cc(C)cc(NC(=O)COc2ccc(S(=O)(=O)NCc3ccccc3)cc2Cl)c1. The van der Waals surface area contributed by atoms with Crippen LogP contribution in [0.25, 0.3) is 0 Å². The maximum absolute atomic E-state index is 12.5. The Bertz CT molecular complexity index is 1160. The molecule has 0 aromatic heterocycles. The summed E-state index contributed by atoms with van der Waals surface area (Å²) in [7, 11) is -3.75. The van der Waals surface area contributed by atoms with Crippen molar-refractivity contribution in [2.45, 2.75) is 25.3 Å². The maximum atomic E-state index is 12.5. The highest BCUT2D eigenvalue weighted by Gasteiger charge is 2.16. The highest BCUT2D eigenvalue weighted by atomic mass is 35.5. The summed E-state index contributed by atoms with van der Waals surface area (Å²) in [6.45, 7) is 3.80.